The molecule has 4 heteroatoms. The van der Waals surface area contributed by atoms with Gasteiger partial charge in [-0.1, -0.05) is 26.2 Å². The van der Waals surface area contributed by atoms with Gasteiger partial charge in [0.25, 0.3) is 0 Å². The third-order valence-corrected chi connectivity index (χ3v) is 8.90. The molecule has 0 aromatic rings. The van der Waals surface area contributed by atoms with Crippen LogP contribution in [0.2, 0.25) is 5.54 Å². The van der Waals surface area contributed by atoms with Gasteiger partial charge in [0.2, 0.25) is 0 Å². The van der Waals surface area contributed by atoms with Gasteiger partial charge < -0.3 is 8.85 Å². The molecule has 0 bridgehead atoms. The van der Waals surface area contributed by atoms with Gasteiger partial charge in [0, 0.05) is 25.8 Å². The van der Waals surface area contributed by atoms with Crippen LogP contribution in [0, 0.1) is 0 Å². The van der Waals surface area contributed by atoms with E-state index in [0.717, 1.165) is 0 Å². The number of hydrogen-bond acceptors (Lipinski definition) is 3. The average Bonchev–Trinajstić information content (AvgIpc) is 2.88. The maximum absolute atomic E-state index is 6.02. The molecule has 0 spiro atoms. The number of hydrogen-bond donors (Lipinski definition) is 0. The van der Waals surface area contributed by atoms with Crippen molar-refractivity contribution >= 4 is 8.72 Å². The Morgan fingerprint density at radius 1 is 0.941 bits per heavy atom. The normalized spacial score (nSPS) is 28.8. The summed E-state index contributed by atoms with van der Waals surface area (Å²) in [4.78, 5) is 0. The van der Waals surface area contributed by atoms with E-state index in [2.05, 4.69) is 11.5 Å². The van der Waals surface area contributed by atoms with E-state index >= 15 is 0 Å². The SMILES string of the molecule is CO[Si](OC)(C1CCCC1)N1CCCCC1C. The molecule has 2 fully saturated rings. The van der Waals surface area contributed by atoms with Crippen molar-refractivity contribution in [1.82, 2.24) is 4.57 Å². The summed E-state index contributed by atoms with van der Waals surface area (Å²) in [5.74, 6) is 0. The molecule has 2 rings (SSSR count). The highest BCUT2D eigenvalue weighted by Crippen LogP contribution is 2.42. The van der Waals surface area contributed by atoms with Crippen molar-refractivity contribution in [2.75, 3.05) is 20.8 Å². The molecule has 1 saturated carbocycles. The van der Waals surface area contributed by atoms with E-state index in [1.807, 2.05) is 14.2 Å². The molecule has 1 saturated heterocycles. The number of nitrogens with zero attached hydrogens (tertiary/aromatic N) is 1. The van der Waals surface area contributed by atoms with E-state index in [1.54, 1.807) is 0 Å². The van der Waals surface area contributed by atoms with Gasteiger partial charge in [0.15, 0.2) is 0 Å². The Bertz CT molecular complexity index is 240. The molecule has 3 nitrogen and oxygen atoms in total. The molecule has 0 aromatic heterocycles. The largest absolute Gasteiger partial charge is 0.430 e. The van der Waals surface area contributed by atoms with Gasteiger partial charge in [-0.2, -0.15) is 0 Å². The Kier molecular flexibility index (Phi) is 4.63. The van der Waals surface area contributed by atoms with E-state index in [1.165, 1.54) is 51.5 Å². The average molecular weight is 257 g/mol. The van der Waals surface area contributed by atoms with E-state index in [9.17, 15) is 0 Å². The Balaban J connectivity index is 2.18. The molecular weight excluding hydrogens is 230 g/mol. The maximum Gasteiger partial charge on any atom is 0.430 e. The molecule has 2 aliphatic rings. The molecule has 1 unspecified atom stereocenters. The Hall–Kier alpha value is 0.0969. The zero-order valence-corrected chi connectivity index (χ0v) is 12.6. The molecule has 0 N–H and O–H groups in total. The standard InChI is InChI=1S/C13H27NO2Si/c1-12-8-6-7-11-14(12)17(15-2,16-3)13-9-4-5-10-13/h12-13H,4-11H2,1-3H3. The first-order valence-electron chi connectivity index (χ1n) is 7.11. The minimum atomic E-state index is -2.14. The summed E-state index contributed by atoms with van der Waals surface area (Å²) in [6, 6.07) is 0.635. The molecule has 1 aliphatic heterocycles. The van der Waals surface area contributed by atoms with Crippen LogP contribution in [0.15, 0.2) is 0 Å². The lowest BCUT2D eigenvalue weighted by Gasteiger charge is -2.46. The Labute approximate surface area is 107 Å². The Morgan fingerprint density at radius 2 is 1.53 bits per heavy atom. The van der Waals surface area contributed by atoms with Crippen LogP contribution in [-0.4, -0.2) is 40.1 Å². The smallest absolute Gasteiger partial charge is 0.386 e. The molecule has 1 atom stereocenters. The lowest BCUT2D eigenvalue weighted by atomic mass is 10.1. The summed E-state index contributed by atoms with van der Waals surface area (Å²) >= 11 is 0. The van der Waals surface area contributed by atoms with Crippen molar-refractivity contribution in [3.05, 3.63) is 0 Å². The molecule has 0 radical (unpaired) electrons. The zero-order valence-electron chi connectivity index (χ0n) is 11.6. The third-order valence-electron chi connectivity index (χ3n) is 4.66. The van der Waals surface area contributed by atoms with Gasteiger partial charge in [0.1, 0.15) is 0 Å². The van der Waals surface area contributed by atoms with Crippen molar-refractivity contribution < 1.29 is 8.85 Å². The predicted molar refractivity (Wildman–Crippen MR) is 72.0 cm³/mol. The minimum absolute atomic E-state index is 0.635. The van der Waals surface area contributed by atoms with Crippen LogP contribution in [0.3, 0.4) is 0 Å². The van der Waals surface area contributed by atoms with Crippen LogP contribution in [-0.2, 0) is 8.85 Å². The van der Waals surface area contributed by atoms with E-state index in [-0.39, 0.29) is 0 Å². The van der Waals surface area contributed by atoms with Crippen molar-refractivity contribution in [3.8, 4) is 0 Å². The first-order chi connectivity index (χ1) is 8.24. The fourth-order valence-electron chi connectivity index (χ4n) is 3.74. The van der Waals surface area contributed by atoms with Crippen LogP contribution in [0.5, 0.6) is 0 Å². The summed E-state index contributed by atoms with van der Waals surface area (Å²) in [5, 5.41) is 0. The van der Waals surface area contributed by atoms with Gasteiger partial charge in [-0.05, 0) is 32.2 Å². The van der Waals surface area contributed by atoms with Gasteiger partial charge >= 0.3 is 8.72 Å². The maximum atomic E-state index is 6.02. The van der Waals surface area contributed by atoms with Crippen molar-refractivity contribution in [1.29, 1.82) is 0 Å². The summed E-state index contributed by atoms with van der Waals surface area (Å²) < 4.78 is 14.7. The van der Waals surface area contributed by atoms with E-state index < -0.39 is 8.72 Å². The summed E-state index contributed by atoms with van der Waals surface area (Å²) in [6.07, 6.45) is 9.28. The second kappa shape index (κ2) is 5.82. The Morgan fingerprint density at radius 3 is 2.06 bits per heavy atom. The fraction of sp³-hybridized carbons (Fsp3) is 1.00. The first kappa shape index (κ1) is 13.5. The summed E-state index contributed by atoms with van der Waals surface area (Å²) in [6.45, 7) is 3.51. The van der Waals surface area contributed by atoms with Crippen LogP contribution in [0.25, 0.3) is 0 Å². The quantitative estimate of drug-likeness (QED) is 0.723. The second-order valence-corrected chi connectivity index (χ2v) is 9.03. The summed E-state index contributed by atoms with van der Waals surface area (Å²) in [7, 11) is 1.60. The molecule has 1 heterocycles. The summed E-state index contributed by atoms with van der Waals surface area (Å²) in [5.41, 5.74) is 0.679. The molecule has 0 amide bonds. The van der Waals surface area contributed by atoms with E-state index in [0.29, 0.717) is 11.6 Å². The van der Waals surface area contributed by atoms with Crippen LogP contribution in [0.4, 0.5) is 0 Å². The zero-order chi connectivity index (χ0) is 12.3. The van der Waals surface area contributed by atoms with Crippen molar-refractivity contribution in [2.24, 2.45) is 0 Å². The van der Waals surface area contributed by atoms with Gasteiger partial charge in [-0.3, -0.25) is 4.57 Å². The third kappa shape index (κ3) is 2.45. The van der Waals surface area contributed by atoms with Crippen molar-refractivity contribution in [2.45, 2.75) is 63.5 Å². The van der Waals surface area contributed by atoms with E-state index in [4.69, 9.17) is 8.85 Å². The molecule has 100 valence electrons. The highest BCUT2D eigenvalue weighted by Gasteiger charge is 2.53. The van der Waals surface area contributed by atoms with Crippen molar-refractivity contribution in [3.63, 3.8) is 0 Å². The fourth-order valence-corrected chi connectivity index (χ4v) is 7.86. The minimum Gasteiger partial charge on any atom is -0.386 e. The lowest BCUT2D eigenvalue weighted by Crippen LogP contribution is -2.64. The van der Waals surface area contributed by atoms with Crippen LogP contribution >= 0.6 is 0 Å². The molecule has 1 aliphatic carbocycles. The van der Waals surface area contributed by atoms with Crippen LogP contribution in [0.1, 0.15) is 51.9 Å². The van der Waals surface area contributed by atoms with Gasteiger partial charge in [-0.25, -0.2) is 0 Å². The highest BCUT2D eigenvalue weighted by molar-refractivity contribution is 6.66. The van der Waals surface area contributed by atoms with Crippen LogP contribution < -0.4 is 0 Å². The number of piperidine rings is 1. The molecule has 0 aromatic carbocycles. The monoisotopic (exact) mass is 257 g/mol. The molecule has 17 heavy (non-hydrogen) atoms. The van der Waals surface area contributed by atoms with Gasteiger partial charge in [-0.15, -0.1) is 0 Å². The lowest BCUT2D eigenvalue weighted by molar-refractivity contribution is 0.110. The second-order valence-electron chi connectivity index (χ2n) is 5.56. The van der Waals surface area contributed by atoms with Gasteiger partial charge in [0.05, 0.1) is 0 Å². The number of rotatable bonds is 4. The highest BCUT2D eigenvalue weighted by atomic mass is 28.4. The predicted octanol–water partition coefficient (Wildman–Crippen LogP) is 3.04. The molecular formula is C13H27NO2Si. The topological polar surface area (TPSA) is 21.7 Å². The first-order valence-corrected chi connectivity index (χ1v) is 8.95.